The van der Waals surface area contributed by atoms with Crippen LogP contribution >= 0.6 is 0 Å². The molecule has 2 aliphatic heterocycles. The molecule has 1 saturated carbocycles. The van der Waals surface area contributed by atoms with Crippen LogP contribution in [0.25, 0.3) is 0 Å². The number of nitrogens with zero attached hydrogens (tertiary/aromatic N) is 3. The van der Waals surface area contributed by atoms with Crippen molar-refractivity contribution in [2.45, 2.75) is 38.0 Å². The van der Waals surface area contributed by atoms with Gasteiger partial charge in [0.05, 0.1) is 0 Å². The van der Waals surface area contributed by atoms with E-state index in [1.54, 1.807) is 18.2 Å². The third kappa shape index (κ3) is 3.02. The van der Waals surface area contributed by atoms with Crippen LogP contribution in [-0.2, 0) is 6.42 Å². The van der Waals surface area contributed by atoms with Gasteiger partial charge < -0.3 is 18.9 Å². The lowest BCUT2D eigenvalue weighted by Gasteiger charge is -2.32. The van der Waals surface area contributed by atoms with E-state index in [0.29, 0.717) is 41.3 Å². The minimum absolute atomic E-state index is 0.0391. The van der Waals surface area contributed by atoms with Crippen molar-refractivity contribution in [1.29, 1.82) is 0 Å². The quantitative estimate of drug-likeness (QED) is 0.839. The van der Waals surface area contributed by atoms with Gasteiger partial charge in [-0.2, -0.15) is 4.98 Å². The van der Waals surface area contributed by atoms with Gasteiger partial charge in [-0.05, 0) is 49.8 Å². The fourth-order valence-electron chi connectivity index (χ4n) is 3.73. The van der Waals surface area contributed by atoms with E-state index in [1.807, 2.05) is 4.90 Å². The predicted octanol–water partition coefficient (Wildman–Crippen LogP) is 2.77. The lowest BCUT2D eigenvalue weighted by molar-refractivity contribution is 0.0667. The maximum atomic E-state index is 12.9. The van der Waals surface area contributed by atoms with Crippen LogP contribution in [0.4, 0.5) is 0 Å². The monoisotopic (exact) mass is 355 g/mol. The molecule has 26 heavy (non-hydrogen) atoms. The average molecular weight is 355 g/mol. The predicted molar refractivity (Wildman–Crippen MR) is 91.2 cm³/mol. The summed E-state index contributed by atoms with van der Waals surface area (Å²) >= 11 is 0. The van der Waals surface area contributed by atoms with E-state index in [4.69, 9.17) is 14.0 Å². The molecule has 1 unspecified atom stereocenters. The lowest BCUT2D eigenvalue weighted by Crippen LogP contribution is -2.40. The topological polar surface area (TPSA) is 77.7 Å². The second-order valence-electron chi connectivity index (χ2n) is 7.35. The molecular formula is C19H21N3O4. The molecule has 1 atom stereocenters. The van der Waals surface area contributed by atoms with E-state index in [0.717, 1.165) is 31.6 Å². The van der Waals surface area contributed by atoms with Gasteiger partial charge in [0.15, 0.2) is 17.3 Å². The maximum Gasteiger partial charge on any atom is 0.254 e. The molecule has 2 fully saturated rings. The summed E-state index contributed by atoms with van der Waals surface area (Å²) in [6, 6.07) is 5.38. The summed E-state index contributed by atoms with van der Waals surface area (Å²) in [5.41, 5.74) is 0.642. The normalized spacial score (nSPS) is 21.8. The van der Waals surface area contributed by atoms with Crippen LogP contribution in [0.3, 0.4) is 0 Å². The number of aromatic nitrogens is 2. The highest BCUT2D eigenvalue weighted by Crippen LogP contribution is 2.38. The summed E-state index contributed by atoms with van der Waals surface area (Å²) in [7, 11) is 0. The van der Waals surface area contributed by atoms with Gasteiger partial charge in [-0.3, -0.25) is 4.79 Å². The van der Waals surface area contributed by atoms with Crippen LogP contribution < -0.4 is 9.47 Å². The second kappa shape index (κ2) is 6.30. The molecule has 5 rings (SSSR count). The third-order valence-corrected chi connectivity index (χ3v) is 5.32. The number of amides is 1. The minimum Gasteiger partial charge on any atom is -0.454 e. The second-order valence-corrected chi connectivity index (χ2v) is 7.35. The zero-order valence-electron chi connectivity index (χ0n) is 14.5. The summed E-state index contributed by atoms with van der Waals surface area (Å²) < 4.78 is 16.1. The molecule has 3 heterocycles. The summed E-state index contributed by atoms with van der Waals surface area (Å²) in [5, 5.41) is 4.09. The molecule has 1 amide bonds. The molecular weight excluding hydrogens is 334 g/mol. The number of piperidine rings is 1. The van der Waals surface area contributed by atoms with Crippen LogP contribution in [-0.4, -0.2) is 40.8 Å². The number of benzene rings is 1. The molecule has 7 nitrogen and oxygen atoms in total. The van der Waals surface area contributed by atoms with Crippen molar-refractivity contribution < 1.29 is 18.8 Å². The Labute approximate surface area is 151 Å². The highest BCUT2D eigenvalue weighted by atomic mass is 16.7. The Morgan fingerprint density at radius 1 is 1.19 bits per heavy atom. The van der Waals surface area contributed by atoms with Gasteiger partial charge in [0.25, 0.3) is 5.91 Å². The van der Waals surface area contributed by atoms with Crippen LogP contribution in [0.5, 0.6) is 11.5 Å². The molecule has 1 aliphatic carbocycles. The molecule has 0 bridgehead atoms. The lowest BCUT2D eigenvalue weighted by atomic mass is 9.94. The molecule has 2 aromatic rings. The van der Waals surface area contributed by atoms with Gasteiger partial charge in [-0.1, -0.05) is 5.16 Å². The maximum absolute atomic E-state index is 12.9. The number of hydrogen-bond donors (Lipinski definition) is 0. The van der Waals surface area contributed by atoms with Crippen molar-refractivity contribution in [3.05, 3.63) is 35.5 Å². The molecule has 1 aromatic heterocycles. The van der Waals surface area contributed by atoms with Gasteiger partial charge in [0, 0.05) is 31.0 Å². The molecule has 0 N–H and O–H groups in total. The molecule has 136 valence electrons. The first-order valence-electron chi connectivity index (χ1n) is 9.27. The van der Waals surface area contributed by atoms with Crippen molar-refractivity contribution in [2.75, 3.05) is 19.9 Å². The zero-order valence-corrected chi connectivity index (χ0v) is 14.5. The highest BCUT2D eigenvalue weighted by molar-refractivity contribution is 5.95. The zero-order chi connectivity index (χ0) is 17.5. The summed E-state index contributed by atoms with van der Waals surface area (Å²) in [4.78, 5) is 19.3. The first-order valence-corrected chi connectivity index (χ1v) is 9.27. The fourth-order valence-corrected chi connectivity index (χ4v) is 3.73. The van der Waals surface area contributed by atoms with Crippen molar-refractivity contribution >= 4 is 5.91 Å². The van der Waals surface area contributed by atoms with Gasteiger partial charge in [0.2, 0.25) is 12.7 Å². The Morgan fingerprint density at radius 2 is 2.08 bits per heavy atom. The number of ether oxygens (including phenoxy) is 2. The van der Waals surface area contributed by atoms with Crippen LogP contribution in [0.1, 0.15) is 53.7 Å². The number of carbonyl (C=O) groups is 1. The van der Waals surface area contributed by atoms with Gasteiger partial charge >= 0.3 is 0 Å². The SMILES string of the molecule is O=C(c1ccc2c(c1)OCO2)N1CCCC(Cc2nc(C3CC3)no2)C1. The Kier molecular flexibility index (Phi) is 3.80. The van der Waals surface area contributed by atoms with Crippen molar-refractivity contribution in [2.24, 2.45) is 5.92 Å². The first-order chi connectivity index (χ1) is 12.8. The molecule has 1 aromatic carbocycles. The minimum atomic E-state index is 0.0391. The molecule has 0 radical (unpaired) electrons. The number of carbonyl (C=O) groups excluding carboxylic acids is 1. The highest BCUT2D eigenvalue weighted by Gasteiger charge is 2.30. The van der Waals surface area contributed by atoms with Crippen LogP contribution in [0, 0.1) is 5.92 Å². The summed E-state index contributed by atoms with van der Waals surface area (Å²) in [6.45, 7) is 1.71. The molecule has 3 aliphatic rings. The summed E-state index contributed by atoms with van der Waals surface area (Å²) in [5.74, 6) is 3.79. The Balaban J connectivity index is 1.25. The number of hydrogen-bond acceptors (Lipinski definition) is 6. The van der Waals surface area contributed by atoms with E-state index < -0.39 is 0 Å². The van der Waals surface area contributed by atoms with E-state index >= 15 is 0 Å². The average Bonchev–Trinajstić information content (AvgIpc) is 3.23. The molecule has 7 heteroatoms. The Bertz CT molecular complexity index is 830. The van der Waals surface area contributed by atoms with E-state index in [-0.39, 0.29) is 12.7 Å². The Morgan fingerprint density at radius 3 is 2.96 bits per heavy atom. The van der Waals surface area contributed by atoms with E-state index in [2.05, 4.69) is 10.1 Å². The van der Waals surface area contributed by atoms with Crippen molar-refractivity contribution in [1.82, 2.24) is 15.0 Å². The number of fused-ring (bicyclic) bond motifs is 1. The first kappa shape index (κ1) is 15.7. The van der Waals surface area contributed by atoms with E-state index in [9.17, 15) is 4.79 Å². The van der Waals surface area contributed by atoms with Crippen LogP contribution in [0.15, 0.2) is 22.7 Å². The standard InChI is InChI=1S/C19H21N3O4/c23-19(14-5-6-15-16(9-14)25-11-24-15)22-7-1-2-12(10-22)8-17-20-18(21-26-17)13-3-4-13/h5-6,9,12-13H,1-4,7-8,10-11H2. The number of likely N-dealkylation sites (tertiary alicyclic amines) is 1. The Hall–Kier alpha value is -2.57. The van der Waals surface area contributed by atoms with Gasteiger partial charge in [0.1, 0.15) is 0 Å². The summed E-state index contributed by atoms with van der Waals surface area (Å²) in [6.07, 6.45) is 5.14. The van der Waals surface area contributed by atoms with Crippen molar-refractivity contribution in [3.8, 4) is 11.5 Å². The number of rotatable bonds is 4. The fraction of sp³-hybridized carbons (Fsp3) is 0.526. The third-order valence-electron chi connectivity index (χ3n) is 5.32. The van der Waals surface area contributed by atoms with E-state index in [1.165, 1.54) is 12.8 Å². The van der Waals surface area contributed by atoms with Crippen LogP contribution in [0.2, 0.25) is 0 Å². The largest absolute Gasteiger partial charge is 0.454 e. The van der Waals surface area contributed by atoms with Gasteiger partial charge in [-0.15, -0.1) is 0 Å². The molecule has 1 saturated heterocycles. The van der Waals surface area contributed by atoms with Gasteiger partial charge in [-0.25, -0.2) is 0 Å². The molecule has 0 spiro atoms. The smallest absolute Gasteiger partial charge is 0.254 e. The van der Waals surface area contributed by atoms with Crippen molar-refractivity contribution in [3.63, 3.8) is 0 Å².